The van der Waals surface area contributed by atoms with Gasteiger partial charge in [-0.05, 0) is 83.7 Å². The maximum Gasteiger partial charge on any atom is 0.137 e. The van der Waals surface area contributed by atoms with Crippen LogP contribution in [0.25, 0.3) is 0 Å². The highest BCUT2D eigenvalue weighted by molar-refractivity contribution is 7.99. The molecule has 172 valence electrons. The van der Waals surface area contributed by atoms with Gasteiger partial charge in [0.1, 0.15) is 29.6 Å². The lowest BCUT2D eigenvalue weighted by molar-refractivity contribution is 0.349. The van der Waals surface area contributed by atoms with Crippen molar-refractivity contribution >= 4 is 11.8 Å². The van der Waals surface area contributed by atoms with Gasteiger partial charge in [-0.25, -0.2) is 0 Å². The minimum absolute atomic E-state index is 0.00552. The molecule has 0 bridgehead atoms. The summed E-state index contributed by atoms with van der Waals surface area (Å²) in [6.07, 6.45) is 10.8. The second-order valence-electron chi connectivity index (χ2n) is 8.16. The van der Waals surface area contributed by atoms with Crippen molar-refractivity contribution in [2.24, 2.45) is 0 Å². The molecular formula is C27H34O4S. The third-order valence-electron chi connectivity index (χ3n) is 4.89. The molecule has 0 fully saturated rings. The summed E-state index contributed by atoms with van der Waals surface area (Å²) < 4.78 is 5.92. The molecule has 0 heterocycles. The summed E-state index contributed by atoms with van der Waals surface area (Å²) in [4.78, 5) is 1.36. The molecule has 2 aromatic rings. The second-order valence-corrected chi connectivity index (χ2v) is 9.24. The largest absolute Gasteiger partial charge is 0.508 e. The van der Waals surface area contributed by atoms with E-state index in [9.17, 15) is 15.3 Å². The first-order valence-corrected chi connectivity index (χ1v) is 11.7. The van der Waals surface area contributed by atoms with Gasteiger partial charge >= 0.3 is 0 Å². The van der Waals surface area contributed by atoms with Crippen molar-refractivity contribution in [1.29, 1.82) is 0 Å². The van der Waals surface area contributed by atoms with Gasteiger partial charge < -0.3 is 20.1 Å². The quantitative estimate of drug-likeness (QED) is 0.239. The van der Waals surface area contributed by atoms with Gasteiger partial charge in [0.05, 0.1) is 9.79 Å². The van der Waals surface area contributed by atoms with Gasteiger partial charge in [0.15, 0.2) is 0 Å². The number of ether oxygens (including phenoxy) is 1. The van der Waals surface area contributed by atoms with Crippen LogP contribution in [0.4, 0.5) is 0 Å². The molecule has 0 saturated carbocycles. The molecule has 4 nitrogen and oxygen atoms in total. The molecule has 0 aromatic heterocycles. The Bertz CT molecular complexity index is 985. The molecule has 0 radical (unpaired) electrons. The average molecular weight is 455 g/mol. The fraction of sp³-hybridized carbons (Fsp3) is 0.333. The standard InChI is InChI=1S/C27H34O4S/c1-19(2)7-5-6-8-20(3)9-10-21(4)15-16-31-25-18-23(29)12-14-27(25)32-26-13-11-22(28)17-24(26)30/h7-8,11-15,17-18,28-30H,5-6,9-10,16H2,1-4H3. The number of phenolic OH excluding ortho intramolecular Hbond substituents is 3. The number of rotatable bonds is 11. The summed E-state index contributed by atoms with van der Waals surface area (Å²) in [5.74, 6) is 0.664. The van der Waals surface area contributed by atoms with E-state index in [0.29, 0.717) is 17.3 Å². The van der Waals surface area contributed by atoms with Crippen molar-refractivity contribution in [2.45, 2.75) is 63.2 Å². The minimum atomic E-state index is -0.00552. The monoisotopic (exact) mass is 454 g/mol. The summed E-state index contributed by atoms with van der Waals surface area (Å²) in [5, 5.41) is 29.4. The van der Waals surface area contributed by atoms with Crippen molar-refractivity contribution in [3.63, 3.8) is 0 Å². The summed E-state index contributed by atoms with van der Waals surface area (Å²) in [7, 11) is 0. The lowest BCUT2D eigenvalue weighted by atomic mass is 10.1. The highest BCUT2D eigenvalue weighted by Crippen LogP contribution is 2.41. The molecule has 32 heavy (non-hydrogen) atoms. The molecule has 0 atom stereocenters. The number of hydrogen-bond donors (Lipinski definition) is 3. The number of allylic oxidation sites excluding steroid dienone is 5. The highest BCUT2D eigenvalue weighted by Gasteiger charge is 2.10. The Labute approximate surface area is 196 Å². The number of unbranched alkanes of at least 4 members (excludes halogenated alkanes) is 1. The van der Waals surface area contributed by atoms with Crippen LogP contribution in [0.1, 0.15) is 53.4 Å². The first-order valence-electron chi connectivity index (χ1n) is 10.8. The van der Waals surface area contributed by atoms with Gasteiger partial charge in [-0.2, -0.15) is 0 Å². The molecule has 0 amide bonds. The van der Waals surface area contributed by atoms with Gasteiger partial charge in [0.25, 0.3) is 0 Å². The van der Waals surface area contributed by atoms with Crippen LogP contribution in [0.2, 0.25) is 0 Å². The van der Waals surface area contributed by atoms with E-state index in [-0.39, 0.29) is 17.2 Å². The zero-order valence-electron chi connectivity index (χ0n) is 19.4. The maximum absolute atomic E-state index is 10.1. The number of phenols is 3. The van der Waals surface area contributed by atoms with Crippen LogP contribution in [0.15, 0.2) is 81.1 Å². The van der Waals surface area contributed by atoms with Gasteiger partial charge in [-0.15, -0.1) is 0 Å². The molecule has 0 aliphatic carbocycles. The summed E-state index contributed by atoms with van der Waals surface area (Å²) >= 11 is 1.31. The van der Waals surface area contributed by atoms with E-state index in [4.69, 9.17) is 4.74 Å². The summed E-state index contributed by atoms with van der Waals surface area (Å²) in [5.41, 5.74) is 4.02. The van der Waals surface area contributed by atoms with Crippen molar-refractivity contribution in [3.8, 4) is 23.0 Å². The Kier molecular flexibility index (Phi) is 10.3. The Morgan fingerprint density at radius 1 is 0.781 bits per heavy atom. The SMILES string of the molecule is CC(C)=CCCC=C(C)CCC(C)=CCOc1cc(O)ccc1Sc1ccc(O)cc1O. The molecule has 2 rings (SSSR count). The van der Waals surface area contributed by atoms with E-state index < -0.39 is 0 Å². The van der Waals surface area contributed by atoms with Crippen LogP contribution in [0.3, 0.4) is 0 Å². The fourth-order valence-electron chi connectivity index (χ4n) is 2.98. The summed E-state index contributed by atoms with van der Waals surface area (Å²) in [6.45, 7) is 8.94. The molecule has 0 aliphatic rings. The Morgan fingerprint density at radius 3 is 2.03 bits per heavy atom. The molecule has 0 aliphatic heterocycles. The Hall–Kier alpha value is -2.79. The normalized spacial score (nSPS) is 12.0. The Balaban J connectivity index is 1.92. The molecule has 5 heteroatoms. The van der Waals surface area contributed by atoms with E-state index in [1.165, 1.54) is 40.6 Å². The average Bonchev–Trinajstić information content (AvgIpc) is 2.73. The number of aromatic hydroxyl groups is 3. The topological polar surface area (TPSA) is 69.9 Å². The number of benzene rings is 2. The number of hydrogen-bond acceptors (Lipinski definition) is 5. The van der Waals surface area contributed by atoms with Crippen LogP contribution in [0.5, 0.6) is 23.0 Å². The summed E-state index contributed by atoms with van der Waals surface area (Å²) in [6, 6.07) is 9.37. The predicted molar refractivity (Wildman–Crippen MR) is 133 cm³/mol. The molecular weight excluding hydrogens is 420 g/mol. The van der Waals surface area contributed by atoms with Crippen molar-refractivity contribution < 1.29 is 20.1 Å². The third-order valence-corrected chi connectivity index (χ3v) is 6.01. The molecule has 0 spiro atoms. The third kappa shape index (κ3) is 9.15. The predicted octanol–water partition coefficient (Wildman–Crippen LogP) is 7.75. The van der Waals surface area contributed by atoms with Gasteiger partial charge in [0, 0.05) is 12.1 Å². The Morgan fingerprint density at radius 2 is 1.38 bits per heavy atom. The van der Waals surface area contributed by atoms with Crippen LogP contribution in [-0.4, -0.2) is 21.9 Å². The van der Waals surface area contributed by atoms with Gasteiger partial charge in [0.2, 0.25) is 0 Å². The lowest BCUT2D eigenvalue weighted by Crippen LogP contribution is -1.96. The zero-order chi connectivity index (χ0) is 23.5. The minimum Gasteiger partial charge on any atom is -0.508 e. The van der Waals surface area contributed by atoms with E-state index in [0.717, 1.165) is 30.6 Å². The maximum atomic E-state index is 10.1. The molecule has 3 N–H and O–H groups in total. The van der Waals surface area contributed by atoms with E-state index >= 15 is 0 Å². The van der Waals surface area contributed by atoms with Crippen LogP contribution in [-0.2, 0) is 0 Å². The second kappa shape index (κ2) is 12.9. The lowest BCUT2D eigenvalue weighted by Gasteiger charge is -2.12. The first-order chi connectivity index (χ1) is 15.2. The van der Waals surface area contributed by atoms with Gasteiger partial charge in [-0.1, -0.05) is 40.6 Å². The fourth-order valence-corrected chi connectivity index (χ4v) is 3.87. The molecule has 0 unspecified atom stereocenters. The van der Waals surface area contributed by atoms with Crippen LogP contribution >= 0.6 is 11.8 Å². The first kappa shape index (κ1) is 25.5. The van der Waals surface area contributed by atoms with E-state index in [1.807, 2.05) is 0 Å². The highest BCUT2D eigenvalue weighted by atomic mass is 32.2. The molecule has 0 saturated heterocycles. The van der Waals surface area contributed by atoms with Crippen molar-refractivity contribution in [3.05, 3.63) is 71.3 Å². The van der Waals surface area contributed by atoms with Crippen molar-refractivity contribution in [1.82, 2.24) is 0 Å². The van der Waals surface area contributed by atoms with E-state index in [2.05, 4.69) is 45.9 Å². The van der Waals surface area contributed by atoms with Crippen LogP contribution < -0.4 is 4.74 Å². The smallest absolute Gasteiger partial charge is 0.137 e. The van der Waals surface area contributed by atoms with E-state index in [1.54, 1.807) is 24.3 Å². The van der Waals surface area contributed by atoms with Crippen molar-refractivity contribution in [2.75, 3.05) is 6.61 Å². The molecule has 2 aromatic carbocycles. The zero-order valence-corrected chi connectivity index (χ0v) is 20.2. The van der Waals surface area contributed by atoms with Crippen LogP contribution in [0, 0.1) is 0 Å². The van der Waals surface area contributed by atoms with Gasteiger partial charge in [-0.3, -0.25) is 0 Å².